The van der Waals surface area contributed by atoms with Crippen molar-refractivity contribution >= 4 is 75.0 Å². The molecule has 58 heavy (non-hydrogen) atoms. The Morgan fingerprint density at radius 2 is 0.948 bits per heavy atom. The normalized spacial score (nSPS) is 11.8. The van der Waals surface area contributed by atoms with E-state index in [1.165, 1.54) is 47.3 Å². The number of furan rings is 1. The molecular formula is C53H31N3OS. The van der Waals surface area contributed by atoms with Crippen molar-refractivity contribution in [3.8, 4) is 56.4 Å². The summed E-state index contributed by atoms with van der Waals surface area (Å²) in [4.78, 5) is 15.3. The first kappa shape index (κ1) is 32.7. The van der Waals surface area contributed by atoms with Gasteiger partial charge in [-0.15, -0.1) is 11.3 Å². The molecule has 0 amide bonds. The predicted octanol–water partition coefficient (Wildman–Crippen LogP) is 14.8. The van der Waals surface area contributed by atoms with Crippen LogP contribution in [0.5, 0.6) is 0 Å². The molecule has 12 aromatic rings. The summed E-state index contributed by atoms with van der Waals surface area (Å²) in [6.45, 7) is 0. The van der Waals surface area contributed by atoms with Crippen LogP contribution in [-0.2, 0) is 0 Å². The molecule has 0 aliphatic heterocycles. The number of aromatic nitrogens is 3. The van der Waals surface area contributed by atoms with Crippen LogP contribution in [0.1, 0.15) is 0 Å². The van der Waals surface area contributed by atoms with Gasteiger partial charge in [0.25, 0.3) is 0 Å². The molecule has 0 N–H and O–H groups in total. The lowest BCUT2D eigenvalue weighted by Crippen LogP contribution is -2.00. The standard InChI is InChI=1S/C53H31N3OS/c1-2-11-33(12-3-1)51-54-52(56-53(55-51)39-23-26-44-43-16-6-7-19-48(43)58-49(44)31-39)38-14-8-13-36(29-38)42-17-9-18-47-50(42)45-30-35(24-27-46(45)57-47)34-22-25-41-37(28-34)21-20-32-10-4-5-15-40(32)41/h1-31H. The van der Waals surface area contributed by atoms with Gasteiger partial charge in [0.1, 0.15) is 11.2 Å². The zero-order valence-corrected chi connectivity index (χ0v) is 31.9. The van der Waals surface area contributed by atoms with E-state index in [0.29, 0.717) is 17.5 Å². The summed E-state index contributed by atoms with van der Waals surface area (Å²) in [6, 6.07) is 66.4. The minimum atomic E-state index is 0.623. The van der Waals surface area contributed by atoms with E-state index in [2.05, 4.69) is 158 Å². The van der Waals surface area contributed by atoms with Gasteiger partial charge in [-0.05, 0) is 86.3 Å². The second-order valence-electron chi connectivity index (χ2n) is 14.8. The third kappa shape index (κ3) is 5.40. The molecule has 4 nitrogen and oxygen atoms in total. The molecule has 0 radical (unpaired) electrons. The summed E-state index contributed by atoms with van der Waals surface area (Å²) in [6.07, 6.45) is 0. The van der Waals surface area contributed by atoms with Crippen molar-refractivity contribution in [3.05, 3.63) is 188 Å². The quantitative estimate of drug-likeness (QED) is 0.164. The molecule has 270 valence electrons. The van der Waals surface area contributed by atoms with Gasteiger partial charge >= 0.3 is 0 Å². The van der Waals surface area contributed by atoms with Crippen molar-refractivity contribution in [1.29, 1.82) is 0 Å². The molecule has 0 fully saturated rings. The van der Waals surface area contributed by atoms with E-state index in [1.807, 2.05) is 30.3 Å². The fourth-order valence-electron chi connectivity index (χ4n) is 8.48. The fourth-order valence-corrected chi connectivity index (χ4v) is 9.63. The SMILES string of the molecule is c1ccc(-c2nc(-c3cccc(-c4cccc5oc6ccc(-c7ccc8c(ccc9ccccc98)c7)cc6c45)c3)nc(-c3ccc4c(c3)sc3ccccc34)n2)cc1. The molecule has 0 bridgehead atoms. The van der Waals surface area contributed by atoms with Crippen molar-refractivity contribution < 1.29 is 4.42 Å². The van der Waals surface area contributed by atoms with Crippen LogP contribution >= 0.6 is 11.3 Å². The lowest BCUT2D eigenvalue weighted by Gasteiger charge is -2.10. The molecule has 9 aromatic carbocycles. The molecular weight excluding hydrogens is 727 g/mol. The number of nitrogens with zero attached hydrogens (tertiary/aromatic N) is 3. The van der Waals surface area contributed by atoms with Crippen molar-refractivity contribution in [3.63, 3.8) is 0 Å². The number of hydrogen-bond donors (Lipinski definition) is 0. The van der Waals surface area contributed by atoms with Crippen LogP contribution in [0.2, 0.25) is 0 Å². The minimum absolute atomic E-state index is 0.623. The minimum Gasteiger partial charge on any atom is -0.456 e. The first-order valence-corrected chi connectivity index (χ1v) is 20.2. The molecule has 3 heterocycles. The highest BCUT2D eigenvalue weighted by molar-refractivity contribution is 7.25. The summed E-state index contributed by atoms with van der Waals surface area (Å²) < 4.78 is 8.97. The Balaban J connectivity index is 0.979. The summed E-state index contributed by atoms with van der Waals surface area (Å²) in [5.41, 5.74) is 8.99. The van der Waals surface area contributed by atoms with Crippen molar-refractivity contribution in [2.45, 2.75) is 0 Å². The highest BCUT2D eigenvalue weighted by atomic mass is 32.1. The second-order valence-corrected chi connectivity index (χ2v) is 15.9. The predicted molar refractivity (Wildman–Crippen MR) is 242 cm³/mol. The summed E-state index contributed by atoms with van der Waals surface area (Å²) in [5, 5.41) is 9.69. The van der Waals surface area contributed by atoms with Crippen molar-refractivity contribution in [1.82, 2.24) is 15.0 Å². The molecule has 12 rings (SSSR count). The number of rotatable bonds is 5. The smallest absolute Gasteiger partial charge is 0.164 e. The average molecular weight is 758 g/mol. The lowest BCUT2D eigenvalue weighted by molar-refractivity contribution is 0.669. The third-order valence-electron chi connectivity index (χ3n) is 11.3. The Morgan fingerprint density at radius 3 is 1.84 bits per heavy atom. The van der Waals surface area contributed by atoms with E-state index in [4.69, 9.17) is 19.4 Å². The van der Waals surface area contributed by atoms with Crippen molar-refractivity contribution in [2.24, 2.45) is 0 Å². The van der Waals surface area contributed by atoms with Gasteiger partial charge in [0.05, 0.1) is 0 Å². The van der Waals surface area contributed by atoms with Crippen LogP contribution < -0.4 is 0 Å². The van der Waals surface area contributed by atoms with E-state index in [1.54, 1.807) is 11.3 Å². The number of benzene rings is 9. The van der Waals surface area contributed by atoms with E-state index < -0.39 is 0 Å². The van der Waals surface area contributed by atoms with E-state index in [0.717, 1.165) is 55.3 Å². The van der Waals surface area contributed by atoms with Crippen molar-refractivity contribution in [2.75, 3.05) is 0 Å². The average Bonchev–Trinajstić information content (AvgIpc) is 3.87. The summed E-state index contributed by atoms with van der Waals surface area (Å²) in [5.74, 6) is 1.91. The van der Waals surface area contributed by atoms with Gasteiger partial charge < -0.3 is 4.42 Å². The van der Waals surface area contributed by atoms with E-state index in [9.17, 15) is 0 Å². The van der Waals surface area contributed by atoms with Gasteiger partial charge in [-0.25, -0.2) is 15.0 Å². The molecule has 0 atom stereocenters. The Morgan fingerprint density at radius 1 is 0.328 bits per heavy atom. The Hall–Kier alpha value is -7.47. The number of hydrogen-bond acceptors (Lipinski definition) is 5. The van der Waals surface area contributed by atoms with Gasteiger partial charge in [-0.2, -0.15) is 0 Å². The second kappa shape index (κ2) is 13.1. The van der Waals surface area contributed by atoms with Gasteiger partial charge in [0, 0.05) is 47.6 Å². The van der Waals surface area contributed by atoms with Gasteiger partial charge in [0.2, 0.25) is 0 Å². The molecule has 5 heteroatoms. The van der Waals surface area contributed by atoms with Crippen LogP contribution in [-0.4, -0.2) is 15.0 Å². The van der Waals surface area contributed by atoms with Crippen LogP contribution in [0.25, 0.3) is 120 Å². The first-order valence-electron chi connectivity index (χ1n) is 19.4. The lowest BCUT2D eigenvalue weighted by atomic mass is 9.95. The summed E-state index contributed by atoms with van der Waals surface area (Å²) in [7, 11) is 0. The molecule has 0 saturated carbocycles. The number of thiophene rings is 1. The zero-order valence-electron chi connectivity index (χ0n) is 31.1. The Labute approximate surface area is 337 Å². The maximum absolute atomic E-state index is 6.49. The van der Waals surface area contributed by atoms with Gasteiger partial charge in [-0.3, -0.25) is 0 Å². The number of fused-ring (bicyclic) bond motifs is 9. The molecule has 0 aliphatic rings. The van der Waals surface area contributed by atoms with Gasteiger partial charge in [-0.1, -0.05) is 146 Å². The largest absolute Gasteiger partial charge is 0.456 e. The topological polar surface area (TPSA) is 51.8 Å². The van der Waals surface area contributed by atoms with Crippen LogP contribution in [0.15, 0.2) is 192 Å². The highest BCUT2D eigenvalue weighted by Crippen LogP contribution is 2.41. The maximum atomic E-state index is 6.49. The summed E-state index contributed by atoms with van der Waals surface area (Å²) >= 11 is 1.79. The molecule has 0 aliphatic carbocycles. The van der Waals surface area contributed by atoms with Crippen LogP contribution in [0, 0.1) is 0 Å². The first-order chi connectivity index (χ1) is 28.7. The fraction of sp³-hybridized carbons (Fsp3) is 0. The Bertz CT molecular complexity index is 3590. The third-order valence-corrected chi connectivity index (χ3v) is 12.4. The highest BCUT2D eigenvalue weighted by Gasteiger charge is 2.17. The van der Waals surface area contributed by atoms with Crippen LogP contribution in [0.4, 0.5) is 0 Å². The molecule has 0 unspecified atom stereocenters. The zero-order chi connectivity index (χ0) is 38.2. The van der Waals surface area contributed by atoms with E-state index >= 15 is 0 Å². The maximum Gasteiger partial charge on any atom is 0.164 e. The van der Waals surface area contributed by atoms with Crippen LogP contribution in [0.3, 0.4) is 0 Å². The Kier molecular flexibility index (Phi) is 7.37. The molecule has 0 saturated heterocycles. The van der Waals surface area contributed by atoms with E-state index in [-0.39, 0.29) is 0 Å². The molecule has 3 aromatic heterocycles. The molecule has 0 spiro atoms. The monoisotopic (exact) mass is 757 g/mol. The van der Waals surface area contributed by atoms with Gasteiger partial charge in [0.15, 0.2) is 17.5 Å².